The number of halogens is 4. The van der Waals surface area contributed by atoms with E-state index in [0.29, 0.717) is 51.5 Å². The molecule has 1 aliphatic carbocycles. The number of carbonyl (C=O) groups excluding carboxylic acids is 1. The molecule has 3 atom stereocenters. The summed E-state index contributed by atoms with van der Waals surface area (Å²) in [5.41, 5.74) is 1.86. The molecule has 3 heterocycles. The van der Waals surface area contributed by atoms with Gasteiger partial charge in [-0.15, -0.1) is 13.2 Å². The summed E-state index contributed by atoms with van der Waals surface area (Å²) in [5.74, 6) is -2.29. The minimum absolute atomic E-state index is 0.112. The van der Waals surface area contributed by atoms with E-state index in [4.69, 9.17) is 4.74 Å². The first-order valence-electron chi connectivity index (χ1n) is 13.5. The maximum absolute atomic E-state index is 14.6. The van der Waals surface area contributed by atoms with Crippen molar-refractivity contribution in [3.8, 4) is 5.75 Å². The van der Waals surface area contributed by atoms with Gasteiger partial charge in [0.15, 0.2) is 11.6 Å². The molecule has 40 heavy (non-hydrogen) atoms. The highest BCUT2D eigenvalue weighted by atomic mass is 19.4. The number of aliphatic hydroxyl groups excluding tert-OH is 1. The number of carbonyl (C=O) groups is 1. The van der Waals surface area contributed by atoms with Crippen LogP contribution < -0.4 is 15.0 Å². The van der Waals surface area contributed by atoms with Crippen LogP contribution in [-0.4, -0.2) is 84.2 Å². The number of nitrogens with one attached hydrogen (secondary N) is 1. The number of hydrogen-bond donors (Lipinski definition) is 2. The number of ether oxygens (including phenoxy) is 2. The summed E-state index contributed by atoms with van der Waals surface area (Å²) in [6, 6.07) is 3.29. The number of rotatable bonds is 7. The Kier molecular flexibility index (Phi) is 8.43. The van der Waals surface area contributed by atoms with Gasteiger partial charge in [0.05, 0.1) is 17.7 Å². The fraction of sp³-hybridized carbons (Fsp3) is 0.593. The van der Waals surface area contributed by atoms with Crippen LogP contribution in [0.4, 0.5) is 23.4 Å². The fourth-order valence-corrected chi connectivity index (χ4v) is 5.79. The molecule has 0 spiro atoms. The topological polar surface area (TPSA) is 100 Å². The standard InChI is InChI=1S/C27H33F4N5O4/c1-16-12-21(37)24-23(16)25(34-15-33-24)35-6-8-36(9-7-35)26(38)19(14-32-18-4-10-39-11-5-18)17-2-3-22(20(28)13-17)40-27(29,30)31/h2-3,13,15-16,18-19,21,32,37H,4-12,14H2,1H3/t16-,19?,21-/m1/s1. The molecule has 3 aliphatic rings. The van der Waals surface area contributed by atoms with Crippen molar-refractivity contribution in [3.63, 3.8) is 0 Å². The molecule has 0 bridgehead atoms. The predicted octanol–water partition coefficient (Wildman–Crippen LogP) is 3.26. The zero-order valence-corrected chi connectivity index (χ0v) is 22.2. The number of nitrogens with zero attached hydrogens (tertiary/aromatic N) is 4. The minimum atomic E-state index is -5.03. The van der Waals surface area contributed by atoms with Crippen molar-refractivity contribution >= 4 is 11.7 Å². The highest BCUT2D eigenvalue weighted by Crippen LogP contribution is 2.43. The lowest BCUT2D eigenvalue weighted by molar-refractivity contribution is -0.275. The first kappa shape index (κ1) is 28.5. The van der Waals surface area contributed by atoms with Gasteiger partial charge in [0.25, 0.3) is 0 Å². The Morgan fingerprint density at radius 3 is 2.60 bits per heavy atom. The number of aliphatic hydroxyl groups is 1. The van der Waals surface area contributed by atoms with Crippen molar-refractivity contribution in [2.45, 2.75) is 56.5 Å². The first-order chi connectivity index (χ1) is 19.1. The number of benzene rings is 1. The molecular weight excluding hydrogens is 534 g/mol. The van der Waals surface area contributed by atoms with Crippen LogP contribution in [0.5, 0.6) is 5.75 Å². The maximum Gasteiger partial charge on any atom is 0.573 e. The van der Waals surface area contributed by atoms with E-state index in [2.05, 4.69) is 24.9 Å². The molecular formula is C27H33F4N5O4. The van der Waals surface area contributed by atoms with E-state index in [9.17, 15) is 27.5 Å². The van der Waals surface area contributed by atoms with E-state index >= 15 is 0 Å². The van der Waals surface area contributed by atoms with Crippen LogP contribution in [0.1, 0.15) is 60.9 Å². The van der Waals surface area contributed by atoms with Gasteiger partial charge < -0.3 is 29.7 Å². The monoisotopic (exact) mass is 567 g/mol. The molecule has 1 unspecified atom stereocenters. The van der Waals surface area contributed by atoms with Crippen molar-refractivity contribution in [2.24, 2.45) is 0 Å². The second-order valence-corrected chi connectivity index (χ2v) is 10.5. The number of piperazine rings is 1. The zero-order valence-electron chi connectivity index (χ0n) is 22.2. The Morgan fingerprint density at radius 1 is 1.20 bits per heavy atom. The third-order valence-electron chi connectivity index (χ3n) is 7.88. The average molecular weight is 568 g/mol. The van der Waals surface area contributed by atoms with Gasteiger partial charge in [0.1, 0.15) is 12.1 Å². The quantitative estimate of drug-likeness (QED) is 0.492. The lowest BCUT2D eigenvalue weighted by atomic mass is 9.95. The molecule has 9 nitrogen and oxygen atoms in total. The summed E-state index contributed by atoms with van der Waals surface area (Å²) in [6.07, 6.45) is -2.07. The Labute approximate surface area is 229 Å². The maximum atomic E-state index is 14.6. The average Bonchev–Trinajstić information content (AvgIpc) is 3.23. The third-order valence-corrected chi connectivity index (χ3v) is 7.88. The Hall–Kier alpha value is -3.03. The van der Waals surface area contributed by atoms with Gasteiger partial charge in [-0.2, -0.15) is 0 Å². The molecule has 1 amide bonds. The van der Waals surface area contributed by atoms with Crippen LogP contribution in [0.15, 0.2) is 24.5 Å². The van der Waals surface area contributed by atoms with Gasteiger partial charge in [0.2, 0.25) is 5.91 Å². The lowest BCUT2D eigenvalue weighted by Crippen LogP contribution is -2.52. The summed E-state index contributed by atoms with van der Waals surface area (Å²) in [7, 11) is 0. The summed E-state index contributed by atoms with van der Waals surface area (Å²) >= 11 is 0. The number of amides is 1. The predicted molar refractivity (Wildman–Crippen MR) is 136 cm³/mol. The van der Waals surface area contributed by atoms with Crippen molar-refractivity contribution in [2.75, 3.05) is 50.8 Å². The largest absolute Gasteiger partial charge is 0.573 e. The second-order valence-electron chi connectivity index (χ2n) is 10.5. The Balaban J connectivity index is 1.31. The molecule has 2 saturated heterocycles. The van der Waals surface area contributed by atoms with Crippen LogP contribution in [-0.2, 0) is 9.53 Å². The van der Waals surface area contributed by atoms with Gasteiger partial charge in [-0.05, 0) is 42.9 Å². The van der Waals surface area contributed by atoms with Crippen molar-refractivity contribution < 1.29 is 36.9 Å². The Bertz CT molecular complexity index is 1200. The van der Waals surface area contributed by atoms with Crippen LogP contribution in [0, 0.1) is 5.82 Å². The second kappa shape index (κ2) is 11.8. The van der Waals surface area contributed by atoms with E-state index in [-0.39, 0.29) is 30.0 Å². The molecule has 13 heteroatoms. The molecule has 5 rings (SSSR count). The molecule has 1 aromatic heterocycles. The number of hydrogen-bond acceptors (Lipinski definition) is 8. The molecule has 218 valence electrons. The van der Waals surface area contributed by atoms with Crippen LogP contribution in [0.3, 0.4) is 0 Å². The van der Waals surface area contributed by atoms with Crippen LogP contribution in [0.2, 0.25) is 0 Å². The SMILES string of the molecule is C[C@@H]1C[C@@H](O)c2ncnc(N3CCN(C(=O)C(CNC4CCOCC4)c4ccc(OC(F)(F)F)c(F)c4)CC3)c21. The molecule has 2 aromatic rings. The molecule has 1 aromatic carbocycles. The number of anilines is 1. The van der Waals surface area contributed by atoms with E-state index in [1.54, 1.807) is 4.90 Å². The normalized spacial score (nSPS) is 22.8. The van der Waals surface area contributed by atoms with E-state index in [0.717, 1.165) is 36.4 Å². The molecule has 2 aliphatic heterocycles. The van der Waals surface area contributed by atoms with Gasteiger partial charge in [-0.25, -0.2) is 14.4 Å². The fourth-order valence-electron chi connectivity index (χ4n) is 5.79. The van der Waals surface area contributed by atoms with Crippen LogP contribution in [0.25, 0.3) is 0 Å². The summed E-state index contributed by atoms with van der Waals surface area (Å²) < 4.78 is 61.7. The number of fused-ring (bicyclic) bond motifs is 1. The summed E-state index contributed by atoms with van der Waals surface area (Å²) in [6.45, 7) is 5.21. The van der Waals surface area contributed by atoms with Crippen molar-refractivity contribution in [1.82, 2.24) is 20.2 Å². The minimum Gasteiger partial charge on any atom is -0.403 e. The first-order valence-corrected chi connectivity index (χ1v) is 13.5. The Morgan fingerprint density at radius 2 is 1.93 bits per heavy atom. The van der Waals surface area contributed by atoms with Gasteiger partial charge >= 0.3 is 6.36 Å². The number of alkyl halides is 3. The van der Waals surface area contributed by atoms with Crippen molar-refractivity contribution in [3.05, 3.63) is 47.2 Å². The molecule has 0 saturated carbocycles. The smallest absolute Gasteiger partial charge is 0.403 e. The lowest BCUT2D eigenvalue weighted by Gasteiger charge is -2.38. The number of aromatic nitrogens is 2. The molecule has 2 N–H and O–H groups in total. The zero-order chi connectivity index (χ0) is 28.4. The van der Waals surface area contributed by atoms with E-state index in [1.165, 1.54) is 12.4 Å². The summed E-state index contributed by atoms with van der Waals surface area (Å²) in [4.78, 5) is 26.3. The van der Waals surface area contributed by atoms with Crippen LogP contribution >= 0.6 is 0 Å². The highest BCUT2D eigenvalue weighted by Gasteiger charge is 2.36. The third kappa shape index (κ3) is 6.31. The van der Waals surface area contributed by atoms with Crippen molar-refractivity contribution in [1.29, 1.82) is 0 Å². The molecule has 0 radical (unpaired) electrons. The van der Waals surface area contributed by atoms with Gasteiger partial charge in [0, 0.05) is 57.5 Å². The highest BCUT2D eigenvalue weighted by molar-refractivity contribution is 5.84. The van der Waals surface area contributed by atoms with E-state index in [1.807, 2.05) is 6.92 Å². The van der Waals surface area contributed by atoms with E-state index < -0.39 is 30.0 Å². The van der Waals surface area contributed by atoms with Gasteiger partial charge in [-0.3, -0.25) is 4.79 Å². The van der Waals surface area contributed by atoms with Gasteiger partial charge in [-0.1, -0.05) is 13.0 Å². The molecule has 2 fully saturated rings. The summed E-state index contributed by atoms with van der Waals surface area (Å²) in [5, 5.41) is 13.7.